The first-order valence-corrected chi connectivity index (χ1v) is 6.86. The molecule has 2 heterocycles. The van der Waals surface area contributed by atoms with Crippen molar-refractivity contribution in [2.24, 2.45) is 0 Å². The highest BCUT2D eigenvalue weighted by Gasteiger charge is 2.13. The number of fused-ring (bicyclic) bond motifs is 3. The van der Waals surface area contributed by atoms with Gasteiger partial charge in [-0.05, 0) is 36.4 Å². The van der Waals surface area contributed by atoms with E-state index < -0.39 is 0 Å². The fraction of sp³-hybridized carbons (Fsp3) is 0. The van der Waals surface area contributed by atoms with Crippen molar-refractivity contribution in [2.75, 3.05) is 0 Å². The van der Waals surface area contributed by atoms with E-state index in [-0.39, 0.29) is 0 Å². The summed E-state index contributed by atoms with van der Waals surface area (Å²) in [6, 6.07) is 18.6. The molecule has 4 rings (SSSR count). The molecule has 4 aromatic rings. The number of rotatable bonds is 1. The molecule has 0 spiro atoms. The molecule has 0 bridgehead atoms. The van der Waals surface area contributed by atoms with Crippen molar-refractivity contribution in [1.29, 1.82) is 0 Å². The first kappa shape index (κ1) is 10.9. The van der Waals surface area contributed by atoms with Gasteiger partial charge >= 0.3 is 0 Å². The Morgan fingerprint density at radius 3 is 2.47 bits per heavy atom. The lowest BCUT2D eigenvalue weighted by Crippen LogP contribution is -1.92. The molecule has 0 saturated carbocycles. The number of hydrogen-bond acceptors (Lipinski definition) is 1. The Kier molecular flexibility index (Phi) is 2.29. The van der Waals surface area contributed by atoms with E-state index in [1.165, 1.54) is 5.52 Å². The summed E-state index contributed by atoms with van der Waals surface area (Å²) in [6.45, 7) is 0. The standard InChI is InChI=1S/C16H10BrNO/c17-11-5-7-12(8-6-11)18-14-4-2-1-3-13(14)16-15(18)9-10-19-16/h1-10H. The lowest BCUT2D eigenvalue weighted by Gasteiger charge is -2.06. The largest absolute Gasteiger partial charge is 0.462 e. The van der Waals surface area contributed by atoms with Gasteiger partial charge in [-0.15, -0.1) is 0 Å². The number of furan rings is 1. The molecule has 19 heavy (non-hydrogen) atoms. The molecule has 2 nitrogen and oxygen atoms in total. The molecule has 0 aliphatic rings. The number of hydrogen-bond donors (Lipinski definition) is 0. The van der Waals surface area contributed by atoms with Crippen molar-refractivity contribution < 1.29 is 4.42 Å². The molecule has 0 radical (unpaired) electrons. The normalized spacial score (nSPS) is 11.4. The average Bonchev–Trinajstić information content (AvgIpc) is 3.00. The molecule has 0 aliphatic heterocycles. The van der Waals surface area contributed by atoms with Gasteiger partial charge in [-0.2, -0.15) is 0 Å². The minimum atomic E-state index is 0.943. The second kappa shape index (κ2) is 4.00. The highest BCUT2D eigenvalue weighted by molar-refractivity contribution is 9.10. The van der Waals surface area contributed by atoms with E-state index in [0.29, 0.717) is 0 Å². The summed E-state index contributed by atoms with van der Waals surface area (Å²) in [5, 5.41) is 1.14. The third kappa shape index (κ3) is 1.55. The highest BCUT2D eigenvalue weighted by atomic mass is 79.9. The van der Waals surface area contributed by atoms with Crippen molar-refractivity contribution in [2.45, 2.75) is 0 Å². The van der Waals surface area contributed by atoms with Gasteiger partial charge in [0.05, 0.1) is 17.3 Å². The fourth-order valence-electron chi connectivity index (χ4n) is 2.54. The monoisotopic (exact) mass is 311 g/mol. The van der Waals surface area contributed by atoms with Gasteiger partial charge in [-0.3, -0.25) is 0 Å². The van der Waals surface area contributed by atoms with Gasteiger partial charge in [-0.1, -0.05) is 28.1 Å². The van der Waals surface area contributed by atoms with Gasteiger partial charge < -0.3 is 8.98 Å². The highest BCUT2D eigenvalue weighted by Crippen LogP contribution is 2.32. The van der Waals surface area contributed by atoms with Crippen LogP contribution in [-0.4, -0.2) is 4.57 Å². The molecule has 0 fully saturated rings. The van der Waals surface area contributed by atoms with E-state index in [1.807, 2.05) is 12.1 Å². The van der Waals surface area contributed by atoms with Gasteiger partial charge in [0.2, 0.25) is 0 Å². The van der Waals surface area contributed by atoms with Crippen molar-refractivity contribution in [3.05, 3.63) is 65.3 Å². The maximum atomic E-state index is 5.63. The summed E-state index contributed by atoms with van der Waals surface area (Å²) in [7, 11) is 0. The molecule has 2 aromatic carbocycles. The lowest BCUT2D eigenvalue weighted by molar-refractivity contribution is 0.619. The van der Waals surface area contributed by atoms with Crippen LogP contribution in [0, 0.1) is 0 Å². The van der Waals surface area contributed by atoms with Gasteiger partial charge in [0, 0.05) is 21.6 Å². The number of halogens is 1. The third-order valence-electron chi connectivity index (χ3n) is 3.36. The molecule has 0 aliphatic carbocycles. The fourth-order valence-corrected chi connectivity index (χ4v) is 2.80. The summed E-state index contributed by atoms with van der Waals surface area (Å²) in [5.41, 5.74) is 4.34. The van der Waals surface area contributed by atoms with Crippen LogP contribution in [0.4, 0.5) is 0 Å². The molecule has 0 saturated heterocycles. The molecular weight excluding hydrogens is 302 g/mol. The maximum Gasteiger partial charge on any atom is 0.159 e. The number of aromatic nitrogens is 1. The van der Waals surface area contributed by atoms with Crippen LogP contribution in [0.15, 0.2) is 69.8 Å². The molecule has 0 unspecified atom stereocenters. The van der Waals surface area contributed by atoms with Crippen LogP contribution < -0.4 is 0 Å². The van der Waals surface area contributed by atoms with Crippen LogP contribution >= 0.6 is 15.9 Å². The first-order chi connectivity index (χ1) is 9.34. The Bertz CT molecular complexity index is 871. The van der Waals surface area contributed by atoms with Crippen LogP contribution in [0.3, 0.4) is 0 Å². The zero-order valence-electron chi connectivity index (χ0n) is 10.0. The molecule has 3 heteroatoms. The number of nitrogens with zero attached hydrogens (tertiary/aromatic N) is 1. The molecule has 0 N–H and O–H groups in total. The molecular formula is C16H10BrNO. The first-order valence-electron chi connectivity index (χ1n) is 6.07. The number of benzene rings is 2. The predicted octanol–water partition coefficient (Wildman–Crippen LogP) is 5.14. The van der Waals surface area contributed by atoms with Gasteiger partial charge in [0.1, 0.15) is 0 Å². The Balaban J connectivity index is 2.15. The zero-order chi connectivity index (χ0) is 12.8. The lowest BCUT2D eigenvalue weighted by atomic mass is 10.2. The smallest absolute Gasteiger partial charge is 0.159 e. The topological polar surface area (TPSA) is 18.1 Å². The Hall–Kier alpha value is -2.00. The van der Waals surface area contributed by atoms with E-state index in [2.05, 4.69) is 63.0 Å². The predicted molar refractivity (Wildman–Crippen MR) is 80.7 cm³/mol. The quantitative estimate of drug-likeness (QED) is 0.476. The van der Waals surface area contributed by atoms with E-state index >= 15 is 0 Å². The maximum absolute atomic E-state index is 5.63. The minimum absolute atomic E-state index is 0.943. The molecule has 0 amide bonds. The van der Waals surface area contributed by atoms with Crippen molar-refractivity contribution in [3.8, 4) is 5.69 Å². The average molecular weight is 312 g/mol. The Labute approximate surface area is 118 Å². The summed E-state index contributed by atoms with van der Waals surface area (Å²) in [4.78, 5) is 0. The van der Waals surface area contributed by atoms with Gasteiger partial charge in [-0.25, -0.2) is 0 Å². The van der Waals surface area contributed by atoms with Crippen LogP contribution in [0.1, 0.15) is 0 Å². The number of para-hydroxylation sites is 1. The van der Waals surface area contributed by atoms with E-state index in [4.69, 9.17) is 4.42 Å². The van der Waals surface area contributed by atoms with Crippen LogP contribution in [0.25, 0.3) is 27.7 Å². The van der Waals surface area contributed by atoms with Crippen molar-refractivity contribution in [1.82, 2.24) is 4.57 Å². The van der Waals surface area contributed by atoms with Crippen molar-refractivity contribution >= 4 is 37.9 Å². The second-order valence-electron chi connectivity index (χ2n) is 4.46. The van der Waals surface area contributed by atoms with Gasteiger partial charge in [0.25, 0.3) is 0 Å². The minimum Gasteiger partial charge on any atom is -0.462 e. The Morgan fingerprint density at radius 1 is 0.842 bits per heavy atom. The second-order valence-corrected chi connectivity index (χ2v) is 5.38. The van der Waals surface area contributed by atoms with Gasteiger partial charge in [0.15, 0.2) is 5.58 Å². The summed E-state index contributed by atoms with van der Waals surface area (Å²) in [5.74, 6) is 0. The SMILES string of the molecule is Brc1ccc(-n2c3ccccc3c3occc32)cc1. The molecule has 92 valence electrons. The van der Waals surface area contributed by atoms with E-state index in [0.717, 1.165) is 26.6 Å². The third-order valence-corrected chi connectivity index (χ3v) is 3.89. The van der Waals surface area contributed by atoms with E-state index in [1.54, 1.807) is 6.26 Å². The van der Waals surface area contributed by atoms with E-state index in [9.17, 15) is 0 Å². The summed E-state index contributed by atoms with van der Waals surface area (Å²) in [6.07, 6.45) is 1.74. The summed E-state index contributed by atoms with van der Waals surface area (Å²) < 4.78 is 8.93. The van der Waals surface area contributed by atoms with Crippen molar-refractivity contribution in [3.63, 3.8) is 0 Å². The van der Waals surface area contributed by atoms with Crippen LogP contribution in [0.2, 0.25) is 0 Å². The summed E-state index contributed by atoms with van der Waals surface area (Å²) >= 11 is 3.47. The molecule has 0 atom stereocenters. The van der Waals surface area contributed by atoms with Crippen LogP contribution in [0.5, 0.6) is 0 Å². The Morgan fingerprint density at radius 2 is 1.63 bits per heavy atom. The molecule has 2 aromatic heterocycles. The zero-order valence-corrected chi connectivity index (χ0v) is 11.6. The van der Waals surface area contributed by atoms with Crippen LogP contribution in [-0.2, 0) is 0 Å².